The molecule has 0 aromatic heterocycles. The molecule has 0 aromatic carbocycles. The van der Waals surface area contributed by atoms with Gasteiger partial charge in [0.05, 0.1) is 6.61 Å². The lowest BCUT2D eigenvalue weighted by molar-refractivity contribution is 0.0762. The van der Waals surface area contributed by atoms with E-state index < -0.39 is 0 Å². The lowest BCUT2D eigenvalue weighted by Crippen LogP contribution is -2.46. The Balaban J connectivity index is 1.80. The first-order chi connectivity index (χ1) is 7.85. The molecule has 3 nitrogen and oxygen atoms in total. The van der Waals surface area contributed by atoms with E-state index in [1.54, 1.807) is 0 Å². The Hall–Kier alpha value is 0.230. The Morgan fingerprint density at radius 2 is 2.06 bits per heavy atom. The maximum atomic E-state index is 5.48. The Labute approximate surface area is 103 Å². The molecule has 94 valence electrons. The fourth-order valence-corrected chi connectivity index (χ4v) is 3.70. The van der Waals surface area contributed by atoms with Gasteiger partial charge in [-0.15, -0.1) is 0 Å². The van der Waals surface area contributed by atoms with Gasteiger partial charge in [-0.1, -0.05) is 6.92 Å². The molecule has 0 amide bonds. The third-order valence-electron chi connectivity index (χ3n) is 3.50. The average molecular weight is 245 g/mol. The molecule has 2 aliphatic rings. The highest BCUT2D eigenvalue weighted by molar-refractivity contribution is 8.00. The van der Waals surface area contributed by atoms with E-state index >= 15 is 0 Å². The maximum absolute atomic E-state index is 5.48. The highest BCUT2D eigenvalue weighted by Crippen LogP contribution is 2.35. The van der Waals surface area contributed by atoms with Crippen molar-refractivity contribution in [3.05, 3.63) is 0 Å². The third kappa shape index (κ3) is 3.36. The third-order valence-corrected chi connectivity index (χ3v) is 4.95. The molecule has 0 aromatic rings. The van der Waals surface area contributed by atoms with Gasteiger partial charge in [-0.25, -0.2) is 0 Å². The molecule has 0 spiro atoms. The Kier molecular flexibility index (Phi) is 4.95. The van der Waals surface area contributed by atoms with Gasteiger partial charge >= 0.3 is 0 Å². The van der Waals surface area contributed by atoms with Crippen LogP contribution in [0.1, 0.15) is 26.2 Å². The van der Waals surface area contributed by atoms with Gasteiger partial charge < -0.3 is 14.8 Å². The number of ether oxygens (including phenoxy) is 2. The van der Waals surface area contributed by atoms with Crippen molar-refractivity contribution in [2.45, 2.75) is 37.0 Å². The predicted octanol–water partition coefficient (Wildman–Crippen LogP) is 1.67. The Morgan fingerprint density at radius 1 is 1.25 bits per heavy atom. The van der Waals surface area contributed by atoms with Crippen molar-refractivity contribution in [3.63, 3.8) is 0 Å². The van der Waals surface area contributed by atoms with Crippen molar-refractivity contribution in [2.24, 2.45) is 0 Å². The standard InChI is InChI=1S/C12H23NO2S/c1-2-16-12(4-7-14-8-5-12)10-13-11-3-6-15-9-11/h11,13H,2-10H2,1H3. The first kappa shape index (κ1) is 12.7. The van der Waals surface area contributed by atoms with Crippen LogP contribution in [0.15, 0.2) is 0 Å². The topological polar surface area (TPSA) is 30.5 Å². The number of hydrogen-bond donors (Lipinski definition) is 1. The molecular formula is C12H23NO2S. The van der Waals surface area contributed by atoms with Crippen LogP contribution in [0, 0.1) is 0 Å². The van der Waals surface area contributed by atoms with Crippen molar-refractivity contribution >= 4 is 11.8 Å². The Morgan fingerprint density at radius 3 is 2.69 bits per heavy atom. The van der Waals surface area contributed by atoms with E-state index in [9.17, 15) is 0 Å². The molecule has 4 heteroatoms. The first-order valence-corrected chi connectivity index (χ1v) is 7.36. The molecule has 1 unspecified atom stereocenters. The molecule has 0 aliphatic carbocycles. The van der Waals surface area contributed by atoms with Crippen LogP contribution in [0.4, 0.5) is 0 Å². The summed E-state index contributed by atoms with van der Waals surface area (Å²) in [6.45, 7) is 7.03. The van der Waals surface area contributed by atoms with Crippen LogP contribution in [-0.2, 0) is 9.47 Å². The molecule has 2 aliphatic heterocycles. The van der Waals surface area contributed by atoms with E-state index in [-0.39, 0.29) is 0 Å². The number of nitrogens with one attached hydrogen (secondary N) is 1. The van der Waals surface area contributed by atoms with Gasteiger partial charge in [0.15, 0.2) is 0 Å². The molecule has 2 fully saturated rings. The number of hydrogen-bond acceptors (Lipinski definition) is 4. The van der Waals surface area contributed by atoms with Gasteiger partial charge in [0.2, 0.25) is 0 Å². The van der Waals surface area contributed by atoms with Crippen molar-refractivity contribution < 1.29 is 9.47 Å². The summed E-state index contributed by atoms with van der Waals surface area (Å²) in [7, 11) is 0. The van der Waals surface area contributed by atoms with Crippen LogP contribution in [0.25, 0.3) is 0 Å². The minimum Gasteiger partial charge on any atom is -0.381 e. The molecule has 0 bridgehead atoms. The zero-order valence-electron chi connectivity index (χ0n) is 10.2. The smallest absolute Gasteiger partial charge is 0.0620 e. The second kappa shape index (κ2) is 6.24. The SMILES string of the molecule is CCSC1(CNC2CCOC2)CCOCC1. The van der Waals surface area contributed by atoms with Gasteiger partial charge in [-0.3, -0.25) is 0 Å². The molecule has 2 heterocycles. The van der Waals surface area contributed by atoms with Crippen LogP contribution >= 0.6 is 11.8 Å². The number of rotatable bonds is 5. The fourth-order valence-electron chi connectivity index (χ4n) is 2.45. The summed E-state index contributed by atoms with van der Waals surface area (Å²) in [6, 6.07) is 0.581. The lowest BCUT2D eigenvalue weighted by atomic mass is 9.98. The van der Waals surface area contributed by atoms with Crippen LogP contribution in [0.3, 0.4) is 0 Å². The predicted molar refractivity (Wildman–Crippen MR) is 68.1 cm³/mol. The summed E-state index contributed by atoms with van der Waals surface area (Å²) in [5.41, 5.74) is 0. The van der Waals surface area contributed by atoms with Crippen molar-refractivity contribution in [2.75, 3.05) is 38.7 Å². The maximum Gasteiger partial charge on any atom is 0.0620 e. The van der Waals surface area contributed by atoms with Gasteiger partial charge in [0.25, 0.3) is 0 Å². The van der Waals surface area contributed by atoms with Crippen molar-refractivity contribution in [1.29, 1.82) is 0 Å². The monoisotopic (exact) mass is 245 g/mol. The average Bonchev–Trinajstić information content (AvgIpc) is 2.81. The molecule has 1 atom stereocenters. The van der Waals surface area contributed by atoms with Gasteiger partial charge in [-0.05, 0) is 25.0 Å². The van der Waals surface area contributed by atoms with Crippen molar-refractivity contribution in [3.8, 4) is 0 Å². The second-order valence-corrected chi connectivity index (χ2v) is 6.40. The minimum atomic E-state index is 0.412. The largest absolute Gasteiger partial charge is 0.381 e. The summed E-state index contributed by atoms with van der Waals surface area (Å²) >= 11 is 2.10. The zero-order chi connectivity index (χ0) is 11.3. The molecule has 1 N–H and O–H groups in total. The van der Waals surface area contributed by atoms with E-state index in [0.717, 1.165) is 33.0 Å². The minimum absolute atomic E-state index is 0.412. The highest BCUT2D eigenvalue weighted by atomic mass is 32.2. The van der Waals surface area contributed by atoms with Gasteiger partial charge in [0.1, 0.15) is 0 Å². The summed E-state index contributed by atoms with van der Waals surface area (Å²) in [6.07, 6.45) is 3.54. The molecule has 0 radical (unpaired) electrons. The van der Waals surface area contributed by atoms with E-state index in [1.165, 1.54) is 25.0 Å². The van der Waals surface area contributed by atoms with Crippen LogP contribution in [0.2, 0.25) is 0 Å². The number of thioether (sulfide) groups is 1. The molecule has 2 saturated heterocycles. The van der Waals surface area contributed by atoms with E-state index in [0.29, 0.717) is 10.8 Å². The summed E-state index contributed by atoms with van der Waals surface area (Å²) < 4.78 is 11.3. The summed E-state index contributed by atoms with van der Waals surface area (Å²) in [4.78, 5) is 0. The summed E-state index contributed by atoms with van der Waals surface area (Å²) in [5.74, 6) is 1.20. The molecular weight excluding hydrogens is 222 g/mol. The van der Waals surface area contributed by atoms with Crippen LogP contribution < -0.4 is 5.32 Å². The fraction of sp³-hybridized carbons (Fsp3) is 1.00. The van der Waals surface area contributed by atoms with E-state index in [4.69, 9.17) is 9.47 Å². The second-order valence-electron chi connectivity index (χ2n) is 4.67. The van der Waals surface area contributed by atoms with Crippen LogP contribution in [-0.4, -0.2) is 49.5 Å². The first-order valence-electron chi connectivity index (χ1n) is 6.37. The van der Waals surface area contributed by atoms with Gasteiger partial charge in [-0.2, -0.15) is 11.8 Å². The molecule has 16 heavy (non-hydrogen) atoms. The lowest BCUT2D eigenvalue weighted by Gasteiger charge is -2.37. The zero-order valence-corrected chi connectivity index (χ0v) is 11.0. The normalized spacial score (nSPS) is 29.4. The highest BCUT2D eigenvalue weighted by Gasteiger charge is 2.33. The molecule has 0 saturated carbocycles. The van der Waals surface area contributed by atoms with Gasteiger partial charge in [0, 0.05) is 37.2 Å². The molecule has 2 rings (SSSR count). The van der Waals surface area contributed by atoms with E-state index in [1.807, 2.05) is 0 Å². The quantitative estimate of drug-likeness (QED) is 0.798. The van der Waals surface area contributed by atoms with E-state index in [2.05, 4.69) is 24.0 Å². The van der Waals surface area contributed by atoms with Crippen molar-refractivity contribution in [1.82, 2.24) is 5.32 Å². The summed E-state index contributed by atoms with van der Waals surface area (Å²) in [5, 5.41) is 3.68. The Bertz CT molecular complexity index is 196. The van der Waals surface area contributed by atoms with Crippen LogP contribution in [0.5, 0.6) is 0 Å².